The topological polar surface area (TPSA) is 58.0 Å². The van der Waals surface area contributed by atoms with Crippen molar-refractivity contribution in [1.29, 1.82) is 0 Å². The Hall–Kier alpha value is -0.730. The Morgan fingerprint density at radius 1 is 1.42 bits per heavy atom. The summed E-state index contributed by atoms with van der Waals surface area (Å²) in [5.74, 6) is 1.67. The van der Waals surface area contributed by atoms with E-state index in [-0.39, 0.29) is 6.10 Å². The van der Waals surface area contributed by atoms with Gasteiger partial charge in [-0.15, -0.1) is 0 Å². The van der Waals surface area contributed by atoms with Crippen molar-refractivity contribution >= 4 is 0 Å². The molecule has 4 nitrogen and oxygen atoms in total. The Morgan fingerprint density at radius 2 is 2.25 bits per heavy atom. The highest BCUT2D eigenvalue weighted by Gasteiger charge is 2.36. The van der Waals surface area contributed by atoms with E-state index < -0.39 is 0 Å². The largest absolute Gasteiger partial charge is 0.378 e. The first kappa shape index (κ1) is 7.90. The summed E-state index contributed by atoms with van der Waals surface area (Å²) in [6.45, 7) is 1.40. The van der Waals surface area contributed by atoms with Gasteiger partial charge >= 0.3 is 0 Å². The molecule has 1 saturated heterocycles. The van der Waals surface area contributed by atoms with Crippen molar-refractivity contribution in [3.63, 3.8) is 0 Å². The molecule has 2 atom stereocenters. The van der Waals surface area contributed by atoms with Gasteiger partial charge in [0.2, 0.25) is 0 Å². The lowest BCUT2D eigenvalue weighted by Gasteiger charge is -2.03. The summed E-state index contributed by atoms with van der Waals surface area (Å²) in [4.78, 5) is 2.73. The van der Waals surface area contributed by atoms with Crippen LogP contribution in [0.5, 0.6) is 0 Å². The highest BCUT2D eigenvalue weighted by atomic mass is 16.5. The lowest BCUT2D eigenvalue weighted by atomic mass is 10.0. The number of nitrogens with zero attached hydrogens (tertiary/aromatic N) is 3. The average molecular weight is 167 g/mol. The molecule has 2 unspecified atom stereocenters. The van der Waals surface area contributed by atoms with Gasteiger partial charge in [-0.1, -0.05) is 5.11 Å². The Bertz CT molecular complexity index is 208. The zero-order valence-corrected chi connectivity index (χ0v) is 7.02. The van der Waals surface area contributed by atoms with Crippen molar-refractivity contribution in [1.82, 2.24) is 0 Å². The molecule has 1 aliphatic heterocycles. The molecule has 0 bridgehead atoms. The molecule has 1 saturated carbocycles. The first-order valence-corrected chi connectivity index (χ1v) is 4.52. The number of hydrogen-bond acceptors (Lipinski definition) is 2. The van der Waals surface area contributed by atoms with E-state index in [1.54, 1.807) is 0 Å². The fourth-order valence-electron chi connectivity index (χ4n) is 1.88. The zero-order chi connectivity index (χ0) is 8.39. The fraction of sp³-hybridized carbons (Fsp3) is 1.00. The number of hydrogen-bond donors (Lipinski definition) is 0. The van der Waals surface area contributed by atoms with E-state index in [1.165, 1.54) is 12.8 Å². The number of ether oxygens (including phenoxy) is 1. The Labute approximate surface area is 71.5 Å². The summed E-state index contributed by atoms with van der Waals surface area (Å²) in [5, 5.41) is 3.52. The summed E-state index contributed by atoms with van der Waals surface area (Å²) < 4.78 is 5.50. The van der Waals surface area contributed by atoms with E-state index in [1.807, 2.05) is 0 Å². The van der Waals surface area contributed by atoms with E-state index in [0.29, 0.717) is 6.54 Å². The molecule has 2 fully saturated rings. The van der Waals surface area contributed by atoms with Crippen LogP contribution >= 0.6 is 0 Å². The van der Waals surface area contributed by atoms with Crippen molar-refractivity contribution < 1.29 is 4.74 Å². The van der Waals surface area contributed by atoms with Gasteiger partial charge in [-0.25, -0.2) is 0 Å². The molecular weight excluding hydrogens is 154 g/mol. The van der Waals surface area contributed by atoms with Crippen molar-refractivity contribution in [2.75, 3.05) is 13.2 Å². The van der Waals surface area contributed by atoms with Gasteiger partial charge in [0.15, 0.2) is 0 Å². The summed E-state index contributed by atoms with van der Waals surface area (Å²) in [6, 6.07) is 0. The summed E-state index contributed by atoms with van der Waals surface area (Å²) in [6.07, 6.45) is 4.06. The van der Waals surface area contributed by atoms with Gasteiger partial charge < -0.3 is 4.74 Å². The summed E-state index contributed by atoms with van der Waals surface area (Å²) >= 11 is 0. The molecule has 0 aromatic heterocycles. The first-order valence-electron chi connectivity index (χ1n) is 4.52. The molecule has 0 spiro atoms. The summed E-state index contributed by atoms with van der Waals surface area (Å²) in [7, 11) is 0. The van der Waals surface area contributed by atoms with Gasteiger partial charge in [-0.05, 0) is 36.6 Å². The standard InChI is InChI=1S/C8H13N3O/c9-11-10-4-8-3-7(5-12-8)6-1-2-6/h6-8H,1-5H2. The average Bonchev–Trinajstić information content (AvgIpc) is 2.83. The van der Waals surface area contributed by atoms with Crippen LogP contribution in [0.2, 0.25) is 0 Å². The molecule has 4 heteroatoms. The predicted octanol–water partition coefficient (Wildman–Crippen LogP) is 2.11. The Kier molecular flexibility index (Phi) is 2.19. The van der Waals surface area contributed by atoms with Crippen LogP contribution < -0.4 is 0 Å². The maximum atomic E-state index is 8.12. The van der Waals surface area contributed by atoms with Crippen LogP contribution in [0.25, 0.3) is 10.4 Å². The predicted molar refractivity (Wildman–Crippen MR) is 44.6 cm³/mol. The van der Waals surface area contributed by atoms with Gasteiger partial charge in [0, 0.05) is 4.91 Å². The van der Waals surface area contributed by atoms with Crippen molar-refractivity contribution in [3.05, 3.63) is 10.4 Å². The third-order valence-corrected chi connectivity index (χ3v) is 2.75. The van der Waals surface area contributed by atoms with Gasteiger partial charge in [0.25, 0.3) is 0 Å². The van der Waals surface area contributed by atoms with Gasteiger partial charge in [0.05, 0.1) is 19.3 Å². The SMILES string of the molecule is [N-]=[N+]=NCC1CC(C2CC2)CO1. The Morgan fingerprint density at radius 3 is 2.92 bits per heavy atom. The number of rotatable bonds is 3. The minimum atomic E-state index is 0.200. The molecule has 66 valence electrons. The minimum absolute atomic E-state index is 0.200. The second kappa shape index (κ2) is 3.33. The van der Waals surface area contributed by atoms with Gasteiger partial charge in [-0.2, -0.15) is 0 Å². The van der Waals surface area contributed by atoms with E-state index >= 15 is 0 Å². The van der Waals surface area contributed by atoms with Gasteiger partial charge in [0.1, 0.15) is 0 Å². The third kappa shape index (κ3) is 1.71. The molecule has 0 aromatic carbocycles. The zero-order valence-electron chi connectivity index (χ0n) is 7.02. The van der Waals surface area contributed by atoms with Crippen molar-refractivity contribution in [3.8, 4) is 0 Å². The van der Waals surface area contributed by atoms with Crippen LogP contribution in [0.3, 0.4) is 0 Å². The monoisotopic (exact) mass is 167 g/mol. The quantitative estimate of drug-likeness (QED) is 0.361. The van der Waals surface area contributed by atoms with Crippen LogP contribution in [0.15, 0.2) is 5.11 Å². The molecule has 0 radical (unpaired) electrons. The van der Waals surface area contributed by atoms with Crippen molar-refractivity contribution in [2.45, 2.75) is 25.4 Å². The molecule has 1 heterocycles. The molecule has 0 N–H and O–H groups in total. The third-order valence-electron chi connectivity index (χ3n) is 2.75. The highest BCUT2D eigenvalue weighted by molar-refractivity contribution is 4.87. The molecule has 2 aliphatic rings. The molecule has 0 aromatic rings. The van der Waals surface area contributed by atoms with Gasteiger partial charge in [-0.3, -0.25) is 0 Å². The van der Waals surface area contributed by atoms with Crippen LogP contribution in [-0.4, -0.2) is 19.3 Å². The maximum absolute atomic E-state index is 8.12. The Balaban J connectivity index is 1.76. The smallest absolute Gasteiger partial charge is 0.0635 e. The normalized spacial score (nSPS) is 34.7. The second-order valence-corrected chi connectivity index (χ2v) is 3.70. The summed E-state index contributed by atoms with van der Waals surface area (Å²) in [5.41, 5.74) is 8.12. The van der Waals surface area contributed by atoms with Crippen LogP contribution in [0, 0.1) is 11.8 Å². The van der Waals surface area contributed by atoms with E-state index in [2.05, 4.69) is 10.0 Å². The molecular formula is C8H13N3O. The molecule has 2 rings (SSSR count). The van der Waals surface area contributed by atoms with E-state index in [9.17, 15) is 0 Å². The van der Waals surface area contributed by atoms with Crippen LogP contribution in [-0.2, 0) is 4.74 Å². The molecule has 1 aliphatic carbocycles. The number of azide groups is 1. The molecule has 0 amide bonds. The lowest BCUT2D eigenvalue weighted by molar-refractivity contribution is 0.111. The van der Waals surface area contributed by atoms with Crippen LogP contribution in [0.1, 0.15) is 19.3 Å². The van der Waals surface area contributed by atoms with Crippen molar-refractivity contribution in [2.24, 2.45) is 17.0 Å². The first-order chi connectivity index (χ1) is 5.90. The molecule has 12 heavy (non-hydrogen) atoms. The highest BCUT2D eigenvalue weighted by Crippen LogP contribution is 2.42. The maximum Gasteiger partial charge on any atom is 0.0635 e. The van der Waals surface area contributed by atoms with Crippen LogP contribution in [0.4, 0.5) is 0 Å². The lowest BCUT2D eigenvalue weighted by Crippen LogP contribution is -2.08. The van der Waals surface area contributed by atoms with E-state index in [0.717, 1.165) is 24.9 Å². The minimum Gasteiger partial charge on any atom is -0.378 e. The fourth-order valence-corrected chi connectivity index (χ4v) is 1.88. The van der Waals surface area contributed by atoms with E-state index in [4.69, 9.17) is 10.3 Å². The second-order valence-electron chi connectivity index (χ2n) is 3.70.